The Morgan fingerprint density at radius 1 is 1.05 bits per heavy atom. The molecule has 0 N–H and O–H groups in total. The van der Waals surface area contributed by atoms with Gasteiger partial charge in [-0.05, 0) is 30.9 Å². The van der Waals surface area contributed by atoms with Crippen molar-refractivity contribution in [1.82, 2.24) is 14.8 Å². The Bertz CT molecular complexity index is 445. The Hall–Kier alpha value is -1.13. The number of aromatic nitrogens is 1. The molecule has 0 amide bonds. The number of likely N-dealkylation sites (tertiary alicyclic amines) is 1. The van der Waals surface area contributed by atoms with E-state index in [-0.39, 0.29) is 0 Å². The van der Waals surface area contributed by atoms with Crippen LogP contribution in [0.4, 0.5) is 5.82 Å². The zero-order chi connectivity index (χ0) is 14.1. The number of hydrogen-bond donors (Lipinski definition) is 0. The van der Waals surface area contributed by atoms with Crippen molar-refractivity contribution in [3.05, 3.63) is 24.4 Å². The summed E-state index contributed by atoms with van der Waals surface area (Å²) >= 11 is 0. The average Bonchev–Trinajstić information content (AvgIpc) is 2.45. The van der Waals surface area contributed by atoms with Crippen LogP contribution in [0.5, 0.6) is 0 Å². The summed E-state index contributed by atoms with van der Waals surface area (Å²) in [4.78, 5) is 12.2. The van der Waals surface area contributed by atoms with Crippen LogP contribution in [-0.2, 0) is 0 Å². The van der Waals surface area contributed by atoms with Gasteiger partial charge in [0.25, 0.3) is 0 Å². The van der Waals surface area contributed by atoms with Gasteiger partial charge in [-0.15, -0.1) is 0 Å². The Morgan fingerprint density at radius 2 is 1.86 bits per heavy atom. The molecule has 2 aliphatic heterocycles. The summed E-state index contributed by atoms with van der Waals surface area (Å²) in [6, 6.07) is 7.01. The van der Waals surface area contributed by atoms with Crippen molar-refractivity contribution in [3.8, 4) is 0 Å². The molecule has 4 rings (SSSR count). The molecule has 2 saturated heterocycles. The van der Waals surface area contributed by atoms with Crippen LogP contribution in [-0.4, -0.2) is 66.6 Å². The first-order chi connectivity index (χ1) is 10.4. The molecule has 114 valence electrons. The van der Waals surface area contributed by atoms with Crippen molar-refractivity contribution in [2.24, 2.45) is 5.92 Å². The highest BCUT2D eigenvalue weighted by molar-refractivity contribution is 5.38. The maximum atomic E-state index is 4.47. The molecule has 4 heteroatoms. The number of pyridine rings is 1. The van der Waals surface area contributed by atoms with E-state index < -0.39 is 0 Å². The summed E-state index contributed by atoms with van der Waals surface area (Å²) in [5.74, 6) is 2.16. The topological polar surface area (TPSA) is 22.6 Å². The summed E-state index contributed by atoms with van der Waals surface area (Å²) in [5, 5.41) is 0. The van der Waals surface area contributed by atoms with Gasteiger partial charge in [-0.25, -0.2) is 4.98 Å². The largest absolute Gasteiger partial charge is 0.354 e. The van der Waals surface area contributed by atoms with Crippen molar-refractivity contribution in [2.45, 2.75) is 25.3 Å². The number of nitrogens with zero attached hydrogens (tertiary/aromatic N) is 4. The van der Waals surface area contributed by atoms with E-state index in [1.165, 1.54) is 52.0 Å². The van der Waals surface area contributed by atoms with Crippen LogP contribution in [0.2, 0.25) is 0 Å². The first-order valence-corrected chi connectivity index (χ1v) is 8.51. The second-order valence-corrected chi connectivity index (χ2v) is 6.88. The van der Waals surface area contributed by atoms with E-state index in [0.717, 1.165) is 30.9 Å². The molecule has 3 heterocycles. The van der Waals surface area contributed by atoms with Crippen LogP contribution < -0.4 is 4.90 Å². The lowest BCUT2D eigenvalue weighted by Crippen LogP contribution is -2.63. The molecule has 0 bridgehead atoms. The van der Waals surface area contributed by atoms with Crippen LogP contribution in [0, 0.1) is 5.92 Å². The zero-order valence-corrected chi connectivity index (χ0v) is 12.8. The molecule has 1 aromatic heterocycles. The number of hydrogen-bond acceptors (Lipinski definition) is 4. The van der Waals surface area contributed by atoms with Gasteiger partial charge in [0.15, 0.2) is 0 Å². The quantitative estimate of drug-likeness (QED) is 0.840. The Morgan fingerprint density at radius 3 is 2.48 bits per heavy atom. The lowest BCUT2D eigenvalue weighted by Gasteiger charge is -2.49. The van der Waals surface area contributed by atoms with E-state index in [9.17, 15) is 0 Å². The molecule has 0 unspecified atom stereocenters. The summed E-state index contributed by atoms with van der Waals surface area (Å²) in [6.45, 7) is 8.61. The fourth-order valence-corrected chi connectivity index (χ4v) is 3.82. The predicted molar refractivity (Wildman–Crippen MR) is 85.6 cm³/mol. The van der Waals surface area contributed by atoms with Crippen molar-refractivity contribution in [2.75, 3.05) is 50.7 Å². The first-order valence-electron chi connectivity index (χ1n) is 8.51. The third-order valence-corrected chi connectivity index (χ3v) is 5.48. The first kappa shape index (κ1) is 13.5. The van der Waals surface area contributed by atoms with E-state index in [1.807, 2.05) is 12.3 Å². The van der Waals surface area contributed by atoms with Crippen LogP contribution in [0.25, 0.3) is 0 Å². The van der Waals surface area contributed by atoms with E-state index in [1.54, 1.807) is 0 Å². The van der Waals surface area contributed by atoms with Gasteiger partial charge in [0.05, 0.1) is 0 Å². The van der Waals surface area contributed by atoms with E-state index in [4.69, 9.17) is 0 Å². The van der Waals surface area contributed by atoms with Crippen molar-refractivity contribution in [3.63, 3.8) is 0 Å². The standard InChI is InChI=1S/C17H26N4/c1-2-7-18-17(6-1)21-10-8-20(9-11-21)16-13-19(14-16)12-15-4-3-5-15/h1-2,6-7,15-16H,3-5,8-14H2. The Labute approximate surface area is 127 Å². The summed E-state index contributed by atoms with van der Waals surface area (Å²) in [7, 11) is 0. The molecule has 3 aliphatic rings. The van der Waals surface area contributed by atoms with Gasteiger partial charge in [0.2, 0.25) is 0 Å². The van der Waals surface area contributed by atoms with Gasteiger partial charge in [0, 0.05) is 58.1 Å². The van der Waals surface area contributed by atoms with Crippen LogP contribution in [0.15, 0.2) is 24.4 Å². The monoisotopic (exact) mass is 286 g/mol. The second-order valence-electron chi connectivity index (χ2n) is 6.88. The number of rotatable bonds is 4. The SMILES string of the molecule is c1ccc(N2CCN(C3CN(CC4CCC4)C3)CC2)nc1. The summed E-state index contributed by atoms with van der Waals surface area (Å²) in [6.07, 6.45) is 6.32. The molecular weight excluding hydrogens is 260 g/mol. The normalized spacial score (nSPS) is 25.6. The molecule has 3 fully saturated rings. The summed E-state index contributed by atoms with van der Waals surface area (Å²) < 4.78 is 0. The van der Waals surface area contributed by atoms with Crippen molar-refractivity contribution >= 4 is 5.82 Å². The minimum absolute atomic E-state index is 0.816. The molecular formula is C17H26N4. The fourth-order valence-electron chi connectivity index (χ4n) is 3.82. The maximum Gasteiger partial charge on any atom is 0.128 e. The average molecular weight is 286 g/mol. The number of anilines is 1. The van der Waals surface area contributed by atoms with Gasteiger partial charge >= 0.3 is 0 Å². The van der Waals surface area contributed by atoms with Gasteiger partial charge in [0.1, 0.15) is 5.82 Å². The molecule has 4 nitrogen and oxygen atoms in total. The predicted octanol–water partition coefficient (Wildman–Crippen LogP) is 1.69. The third-order valence-electron chi connectivity index (χ3n) is 5.48. The Kier molecular flexibility index (Phi) is 3.82. The number of piperazine rings is 1. The minimum atomic E-state index is 0.816. The lowest BCUT2D eigenvalue weighted by molar-refractivity contribution is 0.0126. The third kappa shape index (κ3) is 2.92. The lowest BCUT2D eigenvalue weighted by atomic mass is 9.84. The molecule has 0 atom stereocenters. The minimum Gasteiger partial charge on any atom is -0.354 e. The molecule has 0 spiro atoms. The second kappa shape index (κ2) is 5.93. The smallest absolute Gasteiger partial charge is 0.128 e. The van der Waals surface area contributed by atoms with Gasteiger partial charge in [-0.1, -0.05) is 12.5 Å². The molecule has 0 radical (unpaired) electrons. The van der Waals surface area contributed by atoms with Crippen LogP contribution in [0.3, 0.4) is 0 Å². The van der Waals surface area contributed by atoms with E-state index >= 15 is 0 Å². The van der Waals surface area contributed by atoms with Crippen LogP contribution >= 0.6 is 0 Å². The highest BCUT2D eigenvalue weighted by atomic mass is 15.4. The molecule has 0 aromatic carbocycles. The van der Waals surface area contributed by atoms with Gasteiger partial charge in [-0.3, -0.25) is 9.80 Å². The van der Waals surface area contributed by atoms with E-state index in [0.29, 0.717) is 0 Å². The fraction of sp³-hybridized carbons (Fsp3) is 0.706. The Balaban J connectivity index is 1.21. The zero-order valence-electron chi connectivity index (χ0n) is 12.8. The van der Waals surface area contributed by atoms with E-state index in [2.05, 4.69) is 31.8 Å². The van der Waals surface area contributed by atoms with Crippen LogP contribution in [0.1, 0.15) is 19.3 Å². The molecule has 1 aromatic rings. The van der Waals surface area contributed by atoms with Crippen molar-refractivity contribution < 1.29 is 0 Å². The molecule has 1 saturated carbocycles. The molecule has 1 aliphatic carbocycles. The maximum absolute atomic E-state index is 4.47. The molecule has 21 heavy (non-hydrogen) atoms. The highest BCUT2D eigenvalue weighted by Gasteiger charge is 2.35. The van der Waals surface area contributed by atoms with Gasteiger partial charge in [-0.2, -0.15) is 0 Å². The van der Waals surface area contributed by atoms with Crippen molar-refractivity contribution in [1.29, 1.82) is 0 Å². The highest BCUT2D eigenvalue weighted by Crippen LogP contribution is 2.29. The van der Waals surface area contributed by atoms with Gasteiger partial charge < -0.3 is 4.90 Å². The summed E-state index contributed by atoms with van der Waals surface area (Å²) in [5.41, 5.74) is 0.